The molecule has 0 saturated carbocycles. The van der Waals surface area contributed by atoms with E-state index in [1.54, 1.807) is 24.3 Å². The SMILES string of the molecule is CC(C)N1CCC(CNc2ccc(NS(C)(=O)=O)cc2C(=O)Nc2ccc(Cl)cn2)CC1. The lowest BCUT2D eigenvalue weighted by molar-refractivity contribution is 0.102. The van der Waals surface area contributed by atoms with Gasteiger partial charge in [0.05, 0.1) is 16.8 Å². The smallest absolute Gasteiger partial charge is 0.258 e. The van der Waals surface area contributed by atoms with E-state index in [4.69, 9.17) is 11.6 Å². The van der Waals surface area contributed by atoms with Gasteiger partial charge in [-0.25, -0.2) is 13.4 Å². The molecular formula is C22H30ClN5O3S. The third kappa shape index (κ3) is 7.08. The van der Waals surface area contributed by atoms with E-state index in [-0.39, 0.29) is 0 Å². The first-order chi connectivity index (χ1) is 15.1. The van der Waals surface area contributed by atoms with Crippen molar-refractivity contribution in [3.05, 3.63) is 47.1 Å². The maximum atomic E-state index is 13.0. The summed E-state index contributed by atoms with van der Waals surface area (Å²) >= 11 is 5.86. The fourth-order valence-corrected chi connectivity index (χ4v) is 4.39. The molecule has 0 spiro atoms. The molecule has 1 aromatic carbocycles. The predicted molar refractivity (Wildman–Crippen MR) is 130 cm³/mol. The van der Waals surface area contributed by atoms with Crippen LogP contribution in [0.15, 0.2) is 36.5 Å². The summed E-state index contributed by atoms with van der Waals surface area (Å²) in [5, 5.41) is 6.60. The van der Waals surface area contributed by atoms with Crippen molar-refractivity contribution in [2.45, 2.75) is 32.7 Å². The molecule has 8 nitrogen and oxygen atoms in total. The first-order valence-corrected chi connectivity index (χ1v) is 12.9. The van der Waals surface area contributed by atoms with Gasteiger partial charge in [0.1, 0.15) is 5.82 Å². The van der Waals surface area contributed by atoms with Crippen molar-refractivity contribution in [2.24, 2.45) is 5.92 Å². The van der Waals surface area contributed by atoms with Gasteiger partial charge in [0.2, 0.25) is 10.0 Å². The Bertz CT molecular complexity index is 1040. The fraction of sp³-hybridized carbons (Fsp3) is 0.455. The lowest BCUT2D eigenvalue weighted by Crippen LogP contribution is -2.39. The highest BCUT2D eigenvalue weighted by Crippen LogP contribution is 2.25. The number of hydrogen-bond acceptors (Lipinski definition) is 6. The molecular weight excluding hydrogens is 450 g/mol. The molecule has 174 valence electrons. The molecule has 2 heterocycles. The number of nitrogens with one attached hydrogen (secondary N) is 3. The number of anilines is 3. The van der Waals surface area contributed by atoms with E-state index in [0.717, 1.165) is 38.7 Å². The Balaban J connectivity index is 1.75. The number of pyridine rings is 1. The van der Waals surface area contributed by atoms with Gasteiger partial charge in [-0.05, 0) is 76.0 Å². The molecule has 1 saturated heterocycles. The van der Waals surface area contributed by atoms with Gasteiger partial charge in [0, 0.05) is 30.2 Å². The van der Waals surface area contributed by atoms with Crippen LogP contribution in [-0.2, 0) is 10.0 Å². The second-order valence-electron chi connectivity index (χ2n) is 8.40. The van der Waals surface area contributed by atoms with Gasteiger partial charge in [0.15, 0.2) is 0 Å². The van der Waals surface area contributed by atoms with Crippen molar-refractivity contribution >= 4 is 44.7 Å². The van der Waals surface area contributed by atoms with E-state index in [1.807, 2.05) is 0 Å². The highest BCUT2D eigenvalue weighted by atomic mass is 35.5. The first kappa shape index (κ1) is 24.3. The molecule has 3 N–H and O–H groups in total. The normalized spacial score (nSPS) is 15.5. The maximum Gasteiger partial charge on any atom is 0.258 e. The predicted octanol–water partition coefficient (Wildman–Crippen LogP) is 3.89. The largest absolute Gasteiger partial charge is 0.384 e. The number of carbonyl (C=O) groups excluding carboxylic acids is 1. The quantitative estimate of drug-likeness (QED) is 0.530. The Labute approximate surface area is 194 Å². The average Bonchev–Trinajstić information content (AvgIpc) is 2.73. The number of nitrogens with zero attached hydrogens (tertiary/aromatic N) is 2. The topological polar surface area (TPSA) is 103 Å². The standard InChI is InChI=1S/C22H30ClN5O3S/c1-15(2)28-10-8-16(9-11-28)13-24-20-6-5-18(27-32(3,30)31)12-19(20)22(29)26-21-7-4-17(23)14-25-21/h4-7,12,14-16,24,27H,8-11,13H2,1-3H3,(H,25,26,29). The van der Waals surface area contributed by atoms with E-state index in [9.17, 15) is 13.2 Å². The zero-order chi connectivity index (χ0) is 23.3. The van der Waals surface area contributed by atoms with Crippen molar-refractivity contribution in [2.75, 3.05) is 41.2 Å². The van der Waals surface area contributed by atoms with Gasteiger partial charge in [-0.2, -0.15) is 0 Å². The number of likely N-dealkylation sites (tertiary alicyclic amines) is 1. The molecule has 3 rings (SSSR count). The Kier molecular flexibility index (Phi) is 7.97. The molecule has 10 heteroatoms. The van der Waals surface area contributed by atoms with Crippen LogP contribution < -0.4 is 15.4 Å². The van der Waals surface area contributed by atoms with Crippen molar-refractivity contribution in [1.29, 1.82) is 0 Å². The summed E-state index contributed by atoms with van der Waals surface area (Å²) in [6.07, 6.45) is 4.70. The highest BCUT2D eigenvalue weighted by Gasteiger charge is 2.21. The third-order valence-corrected chi connectivity index (χ3v) is 6.33. The van der Waals surface area contributed by atoms with E-state index < -0.39 is 15.9 Å². The Hall–Kier alpha value is -2.36. The van der Waals surface area contributed by atoms with E-state index >= 15 is 0 Å². The number of benzene rings is 1. The zero-order valence-corrected chi connectivity index (χ0v) is 20.1. The minimum Gasteiger partial charge on any atom is -0.384 e. The highest BCUT2D eigenvalue weighted by molar-refractivity contribution is 7.92. The van der Waals surface area contributed by atoms with Crippen LogP contribution in [0.25, 0.3) is 0 Å². The minimum atomic E-state index is -3.47. The number of hydrogen-bond donors (Lipinski definition) is 3. The molecule has 0 aliphatic carbocycles. The van der Waals surface area contributed by atoms with Crippen LogP contribution in [0.4, 0.5) is 17.2 Å². The van der Waals surface area contributed by atoms with Crippen LogP contribution in [-0.4, -0.2) is 56.1 Å². The monoisotopic (exact) mass is 479 g/mol. The molecule has 1 aliphatic heterocycles. The summed E-state index contributed by atoms with van der Waals surface area (Å²) in [6, 6.07) is 8.68. The van der Waals surface area contributed by atoms with Crippen LogP contribution in [0.2, 0.25) is 5.02 Å². The summed E-state index contributed by atoms with van der Waals surface area (Å²) in [6.45, 7) is 7.30. The van der Waals surface area contributed by atoms with Gasteiger partial charge >= 0.3 is 0 Å². The lowest BCUT2D eigenvalue weighted by atomic mass is 9.95. The summed E-state index contributed by atoms with van der Waals surface area (Å²) in [7, 11) is -3.47. The Morgan fingerprint density at radius 2 is 1.94 bits per heavy atom. The maximum absolute atomic E-state index is 13.0. The van der Waals surface area contributed by atoms with Gasteiger partial charge in [0.25, 0.3) is 5.91 Å². The Morgan fingerprint density at radius 3 is 2.53 bits per heavy atom. The molecule has 0 atom stereocenters. The number of rotatable bonds is 8. The van der Waals surface area contributed by atoms with Crippen molar-refractivity contribution < 1.29 is 13.2 Å². The minimum absolute atomic E-state index is 0.317. The number of aromatic nitrogens is 1. The second-order valence-corrected chi connectivity index (χ2v) is 10.6. The second kappa shape index (κ2) is 10.5. The van der Waals surface area contributed by atoms with E-state index in [2.05, 4.69) is 39.1 Å². The summed E-state index contributed by atoms with van der Waals surface area (Å²) in [5.74, 6) is 0.467. The Morgan fingerprint density at radius 1 is 1.22 bits per heavy atom. The van der Waals surface area contributed by atoms with Gasteiger partial charge in [-0.3, -0.25) is 9.52 Å². The summed E-state index contributed by atoms with van der Waals surface area (Å²) in [4.78, 5) is 19.6. The van der Waals surface area contributed by atoms with E-state index in [0.29, 0.717) is 39.7 Å². The van der Waals surface area contributed by atoms with Crippen LogP contribution in [0, 0.1) is 5.92 Å². The van der Waals surface area contributed by atoms with Crippen LogP contribution in [0.1, 0.15) is 37.0 Å². The lowest BCUT2D eigenvalue weighted by Gasteiger charge is -2.34. The van der Waals surface area contributed by atoms with Crippen molar-refractivity contribution in [1.82, 2.24) is 9.88 Å². The van der Waals surface area contributed by atoms with Crippen LogP contribution in [0.3, 0.4) is 0 Å². The molecule has 0 radical (unpaired) electrons. The molecule has 1 aromatic heterocycles. The number of amides is 1. The fourth-order valence-electron chi connectivity index (χ4n) is 3.72. The van der Waals surface area contributed by atoms with Crippen LogP contribution in [0.5, 0.6) is 0 Å². The molecule has 32 heavy (non-hydrogen) atoms. The molecule has 1 aliphatic rings. The third-order valence-electron chi connectivity index (χ3n) is 5.50. The molecule has 2 aromatic rings. The number of sulfonamides is 1. The number of halogens is 1. The summed E-state index contributed by atoms with van der Waals surface area (Å²) < 4.78 is 25.7. The van der Waals surface area contributed by atoms with Gasteiger partial charge in [-0.1, -0.05) is 11.6 Å². The first-order valence-electron chi connectivity index (χ1n) is 10.6. The van der Waals surface area contributed by atoms with E-state index in [1.165, 1.54) is 12.3 Å². The van der Waals surface area contributed by atoms with Gasteiger partial charge < -0.3 is 15.5 Å². The summed E-state index contributed by atoms with van der Waals surface area (Å²) in [5.41, 5.74) is 1.29. The van der Waals surface area contributed by atoms with Crippen molar-refractivity contribution in [3.63, 3.8) is 0 Å². The number of carbonyl (C=O) groups is 1. The average molecular weight is 480 g/mol. The number of piperidine rings is 1. The molecule has 1 amide bonds. The van der Waals surface area contributed by atoms with Crippen LogP contribution >= 0.6 is 11.6 Å². The van der Waals surface area contributed by atoms with Crippen molar-refractivity contribution in [3.8, 4) is 0 Å². The molecule has 0 bridgehead atoms. The molecule has 0 unspecified atom stereocenters. The molecule has 1 fully saturated rings. The zero-order valence-electron chi connectivity index (χ0n) is 18.6. The van der Waals surface area contributed by atoms with Gasteiger partial charge in [-0.15, -0.1) is 0 Å².